The standard InChI is InChI=1S/C7H8N2O3S/c1-4(10)8-3-6-9-2-5(13-6)7(11)12/h2H,3H2,1H3,(H,8,10)(H,11,12). The summed E-state index contributed by atoms with van der Waals surface area (Å²) in [5.41, 5.74) is 0. The predicted octanol–water partition coefficient (Wildman–Crippen LogP) is 0.477. The molecule has 0 aliphatic carbocycles. The van der Waals surface area contributed by atoms with E-state index in [-0.39, 0.29) is 17.3 Å². The first-order valence-electron chi connectivity index (χ1n) is 3.52. The Bertz CT molecular complexity index is 334. The van der Waals surface area contributed by atoms with Gasteiger partial charge in [-0.25, -0.2) is 9.78 Å². The van der Waals surface area contributed by atoms with E-state index in [0.29, 0.717) is 5.01 Å². The van der Waals surface area contributed by atoms with Crippen molar-refractivity contribution in [1.29, 1.82) is 0 Å². The minimum atomic E-state index is -0.994. The van der Waals surface area contributed by atoms with Gasteiger partial charge in [-0.15, -0.1) is 11.3 Å². The van der Waals surface area contributed by atoms with Gasteiger partial charge in [0.1, 0.15) is 9.88 Å². The fraction of sp³-hybridized carbons (Fsp3) is 0.286. The fourth-order valence-electron chi connectivity index (χ4n) is 0.691. The molecule has 0 saturated heterocycles. The molecular weight excluding hydrogens is 192 g/mol. The van der Waals surface area contributed by atoms with Crippen LogP contribution in [0.2, 0.25) is 0 Å². The van der Waals surface area contributed by atoms with Gasteiger partial charge in [-0.3, -0.25) is 4.79 Å². The van der Waals surface area contributed by atoms with Gasteiger partial charge < -0.3 is 10.4 Å². The van der Waals surface area contributed by atoms with Gasteiger partial charge in [0.25, 0.3) is 0 Å². The molecule has 0 bridgehead atoms. The Morgan fingerprint density at radius 1 is 1.69 bits per heavy atom. The molecule has 1 rings (SSSR count). The number of carboxylic acids is 1. The summed E-state index contributed by atoms with van der Waals surface area (Å²) < 4.78 is 0. The number of thiazole rings is 1. The van der Waals surface area contributed by atoms with Gasteiger partial charge in [0.15, 0.2) is 0 Å². The molecule has 0 fully saturated rings. The fourth-order valence-corrected chi connectivity index (χ4v) is 1.39. The molecule has 2 N–H and O–H groups in total. The maximum Gasteiger partial charge on any atom is 0.347 e. The number of aromatic nitrogens is 1. The van der Waals surface area contributed by atoms with E-state index in [1.54, 1.807) is 0 Å². The van der Waals surface area contributed by atoms with E-state index >= 15 is 0 Å². The number of hydrogen-bond acceptors (Lipinski definition) is 4. The lowest BCUT2D eigenvalue weighted by molar-refractivity contribution is -0.119. The number of rotatable bonds is 3. The van der Waals surface area contributed by atoms with Crippen LogP contribution in [-0.4, -0.2) is 22.0 Å². The van der Waals surface area contributed by atoms with Crippen molar-refractivity contribution in [2.75, 3.05) is 0 Å². The van der Waals surface area contributed by atoms with E-state index in [0.717, 1.165) is 11.3 Å². The van der Waals surface area contributed by atoms with Crippen molar-refractivity contribution in [2.24, 2.45) is 0 Å². The van der Waals surface area contributed by atoms with Crippen molar-refractivity contribution >= 4 is 23.2 Å². The molecule has 0 saturated carbocycles. The lowest BCUT2D eigenvalue weighted by atomic mass is 10.6. The van der Waals surface area contributed by atoms with E-state index in [1.165, 1.54) is 13.1 Å². The van der Waals surface area contributed by atoms with Crippen LogP contribution >= 0.6 is 11.3 Å². The quantitative estimate of drug-likeness (QED) is 0.743. The molecule has 0 radical (unpaired) electrons. The Hall–Kier alpha value is -1.43. The van der Waals surface area contributed by atoms with E-state index in [9.17, 15) is 9.59 Å². The monoisotopic (exact) mass is 200 g/mol. The Morgan fingerprint density at radius 3 is 2.85 bits per heavy atom. The first-order chi connectivity index (χ1) is 6.09. The van der Waals surface area contributed by atoms with E-state index in [1.807, 2.05) is 0 Å². The van der Waals surface area contributed by atoms with Crippen molar-refractivity contribution in [1.82, 2.24) is 10.3 Å². The van der Waals surface area contributed by atoms with Gasteiger partial charge >= 0.3 is 5.97 Å². The second-order valence-corrected chi connectivity index (χ2v) is 3.45. The van der Waals surface area contributed by atoms with Crippen LogP contribution in [0.3, 0.4) is 0 Å². The lowest BCUT2D eigenvalue weighted by Crippen LogP contribution is -2.18. The summed E-state index contributed by atoms with van der Waals surface area (Å²) in [4.78, 5) is 25.0. The molecule has 1 aromatic rings. The average Bonchev–Trinajstić information content (AvgIpc) is 2.48. The van der Waals surface area contributed by atoms with Gasteiger partial charge in [-0.05, 0) is 0 Å². The van der Waals surface area contributed by atoms with Gasteiger partial charge in [0, 0.05) is 6.92 Å². The zero-order valence-electron chi connectivity index (χ0n) is 6.90. The average molecular weight is 200 g/mol. The van der Waals surface area contributed by atoms with Gasteiger partial charge in [-0.1, -0.05) is 0 Å². The molecule has 70 valence electrons. The van der Waals surface area contributed by atoms with Crippen LogP contribution in [0.1, 0.15) is 21.6 Å². The molecule has 1 heterocycles. The molecule has 0 atom stereocenters. The second-order valence-electron chi connectivity index (χ2n) is 2.33. The normalized spacial score (nSPS) is 9.62. The zero-order chi connectivity index (χ0) is 9.84. The summed E-state index contributed by atoms with van der Waals surface area (Å²) in [7, 11) is 0. The smallest absolute Gasteiger partial charge is 0.347 e. The first-order valence-corrected chi connectivity index (χ1v) is 4.33. The Morgan fingerprint density at radius 2 is 2.38 bits per heavy atom. The number of hydrogen-bond donors (Lipinski definition) is 2. The summed E-state index contributed by atoms with van der Waals surface area (Å²) in [6, 6.07) is 0. The number of carbonyl (C=O) groups excluding carboxylic acids is 1. The molecule has 0 spiro atoms. The largest absolute Gasteiger partial charge is 0.477 e. The number of amides is 1. The summed E-state index contributed by atoms with van der Waals surface area (Å²) in [6.07, 6.45) is 1.28. The minimum absolute atomic E-state index is 0.160. The van der Waals surface area contributed by atoms with E-state index in [2.05, 4.69) is 10.3 Å². The maximum atomic E-state index is 10.5. The van der Waals surface area contributed by atoms with Crippen LogP contribution in [0.15, 0.2) is 6.20 Å². The number of nitrogens with zero attached hydrogens (tertiary/aromatic N) is 1. The number of carboxylic acid groups (broad SMARTS) is 1. The molecule has 0 aliphatic rings. The highest BCUT2D eigenvalue weighted by atomic mass is 32.1. The van der Waals surface area contributed by atoms with Crippen molar-refractivity contribution in [3.8, 4) is 0 Å². The Balaban J connectivity index is 2.59. The van der Waals surface area contributed by atoms with E-state index < -0.39 is 5.97 Å². The second kappa shape index (κ2) is 3.99. The van der Waals surface area contributed by atoms with Crippen molar-refractivity contribution in [2.45, 2.75) is 13.5 Å². The van der Waals surface area contributed by atoms with Crippen molar-refractivity contribution in [3.63, 3.8) is 0 Å². The number of carbonyl (C=O) groups is 2. The number of nitrogens with one attached hydrogen (secondary N) is 1. The summed E-state index contributed by atoms with van der Waals surface area (Å²) in [6.45, 7) is 1.68. The molecule has 0 aliphatic heterocycles. The van der Waals surface area contributed by atoms with Crippen LogP contribution in [0.4, 0.5) is 0 Å². The highest BCUT2D eigenvalue weighted by Crippen LogP contribution is 2.11. The highest BCUT2D eigenvalue weighted by molar-refractivity contribution is 7.13. The van der Waals surface area contributed by atoms with Gasteiger partial charge in [0.2, 0.25) is 5.91 Å². The van der Waals surface area contributed by atoms with Crippen molar-refractivity contribution < 1.29 is 14.7 Å². The molecule has 1 amide bonds. The van der Waals surface area contributed by atoms with Gasteiger partial charge in [-0.2, -0.15) is 0 Å². The maximum absolute atomic E-state index is 10.5. The molecule has 5 nitrogen and oxygen atoms in total. The van der Waals surface area contributed by atoms with Gasteiger partial charge in [0.05, 0.1) is 12.7 Å². The summed E-state index contributed by atoms with van der Waals surface area (Å²) >= 11 is 1.06. The van der Waals surface area contributed by atoms with Crippen LogP contribution < -0.4 is 5.32 Å². The molecular formula is C7H8N2O3S. The molecule has 0 aromatic carbocycles. The minimum Gasteiger partial charge on any atom is -0.477 e. The summed E-state index contributed by atoms with van der Waals surface area (Å²) in [5, 5.41) is 11.7. The third-order valence-electron chi connectivity index (χ3n) is 1.25. The highest BCUT2D eigenvalue weighted by Gasteiger charge is 2.07. The molecule has 1 aromatic heterocycles. The predicted molar refractivity (Wildman–Crippen MR) is 46.6 cm³/mol. The van der Waals surface area contributed by atoms with Crippen LogP contribution in [0, 0.1) is 0 Å². The Kier molecular flexibility index (Phi) is 2.97. The topological polar surface area (TPSA) is 79.3 Å². The lowest BCUT2D eigenvalue weighted by Gasteiger charge is -1.95. The van der Waals surface area contributed by atoms with Crippen LogP contribution in [0.5, 0.6) is 0 Å². The number of aromatic carboxylic acids is 1. The molecule has 13 heavy (non-hydrogen) atoms. The Labute approximate surface area is 78.4 Å². The van der Waals surface area contributed by atoms with Crippen LogP contribution in [-0.2, 0) is 11.3 Å². The summed E-state index contributed by atoms with van der Waals surface area (Å²) in [5.74, 6) is -1.15. The third kappa shape index (κ3) is 2.83. The molecule has 6 heteroatoms. The molecule has 0 unspecified atom stereocenters. The van der Waals surface area contributed by atoms with E-state index in [4.69, 9.17) is 5.11 Å². The zero-order valence-corrected chi connectivity index (χ0v) is 7.72. The van der Waals surface area contributed by atoms with Crippen molar-refractivity contribution in [3.05, 3.63) is 16.1 Å². The SMILES string of the molecule is CC(=O)NCc1ncc(C(=O)O)s1. The van der Waals surface area contributed by atoms with Crippen LogP contribution in [0.25, 0.3) is 0 Å². The first kappa shape index (κ1) is 9.66. The third-order valence-corrected chi connectivity index (χ3v) is 2.24.